The Morgan fingerprint density at radius 2 is 0.455 bits per heavy atom. The van der Waals surface area contributed by atoms with Crippen molar-refractivity contribution in [2.24, 2.45) is 0 Å². The third-order valence-corrected chi connectivity index (χ3v) is 0. The molecule has 0 N–H and O–H groups in total. The Morgan fingerprint density at radius 1 is 0.455 bits per heavy atom. The van der Waals surface area contributed by atoms with Gasteiger partial charge in [0, 0.05) is 0 Å². The van der Waals surface area contributed by atoms with Gasteiger partial charge in [-0.05, 0) is 0 Å². The van der Waals surface area contributed by atoms with Crippen molar-refractivity contribution in [3.8, 4) is 0 Å². The number of rotatable bonds is 0. The van der Waals surface area contributed by atoms with E-state index in [2.05, 4.69) is 0 Å². The number of halogens is 8. The van der Waals surface area contributed by atoms with Crippen LogP contribution in [0.3, 0.4) is 0 Å². The van der Waals surface area contributed by atoms with Gasteiger partial charge in [0.25, 0.3) is 0 Å². The average Bonchev–Trinajstić information content (AvgIpc) is 1.12. The summed E-state index contributed by atoms with van der Waals surface area (Å²) in [6, 6.07) is 0. The maximum Gasteiger partial charge on any atom is 2.00 e. The van der Waals surface area contributed by atoms with E-state index >= 15 is 0 Å². The maximum absolute atomic E-state index is 9.75. The smallest absolute Gasteiger partial charge is 0.418 e. The standard InChI is InChI=1S/2BF4.Ba/c2*2-1(3,4)5;/q2*-1;+2. The monoisotopic (exact) mass is 312 g/mol. The minimum absolute atomic E-state index is 0. The molecule has 64 valence electrons. The third-order valence-electron chi connectivity index (χ3n) is 0. The van der Waals surface area contributed by atoms with E-state index in [-0.39, 0.29) is 48.9 Å². The zero-order valence-corrected chi connectivity index (χ0v) is 9.33. The van der Waals surface area contributed by atoms with Gasteiger partial charge in [-0.3, -0.25) is 0 Å². The Bertz CT molecular complexity index is 55.1. The summed E-state index contributed by atoms with van der Waals surface area (Å²) < 4.78 is 78.0. The maximum atomic E-state index is 9.75. The fraction of sp³-hybridized carbons (Fsp3) is 0. The Kier molecular flexibility index (Phi) is 10.9. The van der Waals surface area contributed by atoms with Gasteiger partial charge in [-0.1, -0.05) is 0 Å². The molecule has 0 spiro atoms. The average molecular weight is 311 g/mol. The first-order valence-electron chi connectivity index (χ1n) is 1.75. The molecule has 0 aromatic carbocycles. The molecule has 0 aliphatic heterocycles. The van der Waals surface area contributed by atoms with Crippen LogP contribution in [-0.4, -0.2) is 63.4 Å². The summed E-state index contributed by atoms with van der Waals surface area (Å²) in [5, 5.41) is 0. The molecule has 11 heteroatoms. The van der Waals surface area contributed by atoms with Crippen LogP contribution >= 0.6 is 0 Å². The topological polar surface area (TPSA) is 0 Å². The zero-order chi connectivity index (χ0) is 9.00. The zero-order valence-electron chi connectivity index (χ0n) is 4.89. The van der Waals surface area contributed by atoms with Crippen LogP contribution in [0, 0.1) is 0 Å². The van der Waals surface area contributed by atoms with Gasteiger partial charge in [0.15, 0.2) is 0 Å². The van der Waals surface area contributed by atoms with Gasteiger partial charge in [0.2, 0.25) is 0 Å². The summed E-state index contributed by atoms with van der Waals surface area (Å²) in [6.45, 7) is 0. The predicted molar refractivity (Wildman–Crippen MR) is 26.1 cm³/mol. The molecule has 11 heavy (non-hydrogen) atoms. The Labute approximate surface area is 97.0 Å². The van der Waals surface area contributed by atoms with Crippen molar-refractivity contribution < 1.29 is 34.5 Å². The van der Waals surface area contributed by atoms with Crippen molar-refractivity contribution >= 4 is 63.4 Å². The van der Waals surface area contributed by atoms with Crippen LogP contribution in [0.5, 0.6) is 0 Å². The summed E-state index contributed by atoms with van der Waals surface area (Å²) >= 11 is 0. The van der Waals surface area contributed by atoms with Crippen LogP contribution in [0.1, 0.15) is 0 Å². The van der Waals surface area contributed by atoms with Crippen LogP contribution in [0.4, 0.5) is 34.5 Å². The summed E-state index contributed by atoms with van der Waals surface area (Å²) in [6.07, 6.45) is 0. The second-order valence-corrected chi connectivity index (χ2v) is 0.990. The fourth-order valence-electron chi connectivity index (χ4n) is 0. The number of hydrogen-bond donors (Lipinski definition) is 0. The Morgan fingerprint density at radius 3 is 0.455 bits per heavy atom. The van der Waals surface area contributed by atoms with Crippen LogP contribution in [0.25, 0.3) is 0 Å². The van der Waals surface area contributed by atoms with E-state index in [1.807, 2.05) is 0 Å². The summed E-state index contributed by atoms with van der Waals surface area (Å²) in [4.78, 5) is 0. The van der Waals surface area contributed by atoms with Gasteiger partial charge in [0.05, 0.1) is 0 Å². The largest absolute Gasteiger partial charge is 2.00 e. The summed E-state index contributed by atoms with van der Waals surface area (Å²) in [7, 11) is -12.0. The van der Waals surface area contributed by atoms with Crippen LogP contribution < -0.4 is 0 Å². The van der Waals surface area contributed by atoms with Gasteiger partial charge >= 0.3 is 63.4 Å². The first kappa shape index (κ1) is 18.0. The molecule has 0 aromatic heterocycles. The summed E-state index contributed by atoms with van der Waals surface area (Å²) in [5.41, 5.74) is 0. The molecule has 0 nitrogen and oxygen atoms in total. The molecule has 0 aromatic rings. The van der Waals surface area contributed by atoms with Gasteiger partial charge in [0.1, 0.15) is 0 Å². The first-order chi connectivity index (χ1) is 4.00. The molecular formula is B2BaF8. The Hall–Kier alpha value is 1.14. The van der Waals surface area contributed by atoms with E-state index < -0.39 is 14.5 Å². The van der Waals surface area contributed by atoms with Gasteiger partial charge in [-0.2, -0.15) is 0 Å². The van der Waals surface area contributed by atoms with Crippen LogP contribution in [0.2, 0.25) is 0 Å². The molecule has 0 atom stereocenters. The van der Waals surface area contributed by atoms with E-state index in [1.54, 1.807) is 0 Å². The molecule has 0 saturated carbocycles. The fourth-order valence-corrected chi connectivity index (χ4v) is 0. The van der Waals surface area contributed by atoms with E-state index in [0.717, 1.165) is 0 Å². The van der Waals surface area contributed by atoms with E-state index in [1.165, 1.54) is 0 Å². The molecule has 0 saturated heterocycles. The molecular weight excluding hydrogens is 311 g/mol. The Balaban J connectivity index is -0.000000107. The molecule has 0 amide bonds. The van der Waals surface area contributed by atoms with Gasteiger partial charge in [-0.15, -0.1) is 0 Å². The van der Waals surface area contributed by atoms with Gasteiger partial charge < -0.3 is 34.5 Å². The minimum Gasteiger partial charge on any atom is -0.418 e. The van der Waals surface area contributed by atoms with E-state index in [0.29, 0.717) is 0 Å². The minimum atomic E-state index is -6.00. The molecule has 0 unspecified atom stereocenters. The molecule has 0 heterocycles. The molecule has 0 aliphatic rings. The first-order valence-corrected chi connectivity index (χ1v) is 1.75. The predicted octanol–water partition coefficient (Wildman–Crippen LogP) is 2.22. The normalized spacial score (nSPS) is 10.9. The SMILES string of the molecule is F[B-](F)(F)F.F[B-](F)(F)F.[Ba+2]. The third kappa shape index (κ3) is 715. The van der Waals surface area contributed by atoms with Crippen molar-refractivity contribution in [1.29, 1.82) is 0 Å². The van der Waals surface area contributed by atoms with Gasteiger partial charge in [-0.25, -0.2) is 0 Å². The van der Waals surface area contributed by atoms with Crippen molar-refractivity contribution in [3.63, 3.8) is 0 Å². The molecule has 0 aliphatic carbocycles. The van der Waals surface area contributed by atoms with Crippen molar-refractivity contribution in [1.82, 2.24) is 0 Å². The van der Waals surface area contributed by atoms with Crippen molar-refractivity contribution in [3.05, 3.63) is 0 Å². The molecule has 0 radical (unpaired) electrons. The molecule has 0 fully saturated rings. The second kappa shape index (κ2) is 6.64. The number of hydrogen-bond acceptors (Lipinski definition) is 0. The molecule has 0 bridgehead atoms. The van der Waals surface area contributed by atoms with E-state index in [4.69, 9.17) is 0 Å². The van der Waals surface area contributed by atoms with Crippen LogP contribution in [-0.2, 0) is 0 Å². The quantitative estimate of drug-likeness (QED) is 0.475. The van der Waals surface area contributed by atoms with Crippen molar-refractivity contribution in [2.45, 2.75) is 0 Å². The van der Waals surface area contributed by atoms with Crippen LogP contribution in [0.15, 0.2) is 0 Å². The molecule has 0 rings (SSSR count). The van der Waals surface area contributed by atoms with E-state index in [9.17, 15) is 34.5 Å². The van der Waals surface area contributed by atoms with Crippen molar-refractivity contribution in [2.75, 3.05) is 0 Å². The second-order valence-electron chi connectivity index (χ2n) is 0.990. The summed E-state index contributed by atoms with van der Waals surface area (Å²) in [5.74, 6) is 0.